The molecule has 0 spiro atoms. The van der Waals surface area contributed by atoms with E-state index in [0.717, 1.165) is 28.0 Å². The molecule has 0 aliphatic rings. The van der Waals surface area contributed by atoms with Gasteiger partial charge in [0.1, 0.15) is 5.82 Å². The van der Waals surface area contributed by atoms with Gasteiger partial charge in [-0.05, 0) is 67.0 Å². The van der Waals surface area contributed by atoms with Crippen molar-refractivity contribution in [2.75, 3.05) is 0 Å². The Bertz CT molecular complexity index is 1010. The number of hydrogen-bond acceptors (Lipinski definition) is 2. The second-order valence-electron chi connectivity index (χ2n) is 6.15. The van der Waals surface area contributed by atoms with E-state index in [2.05, 4.69) is 22.6 Å². The Morgan fingerprint density at radius 2 is 1.81 bits per heavy atom. The second-order valence-corrected chi connectivity index (χ2v) is 6.15. The molecule has 0 radical (unpaired) electrons. The topological polar surface area (TPSA) is 25.8 Å². The van der Waals surface area contributed by atoms with Crippen molar-refractivity contribution in [2.45, 2.75) is 13.8 Å². The van der Waals surface area contributed by atoms with Gasteiger partial charge in [-0.1, -0.05) is 36.9 Å². The van der Waals surface area contributed by atoms with Crippen LogP contribution in [0.1, 0.15) is 23.7 Å². The molecule has 2 heterocycles. The van der Waals surface area contributed by atoms with E-state index in [9.17, 15) is 4.39 Å². The minimum Gasteiger partial charge on any atom is -0.261 e. The van der Waals surface area contributed by atoms with Crippen molar-refractivity contribution in [1.82, 2.24) is 9.97 Å². The fourth-order valence-electron chi connectivity index (χ4n) is 2.83. The Labute approximate surface area is 159 Å². The van der Waals surface area contributed by atoms with Crippen LogP contribution in [0.5, 0.6) is 0 Å². The first kappa shape index (κ1) is 18.5. The lowest BCUT2D eigenvalue weighted by molar-refractivity contribution is 0.630. The van der Waals surface area contributed by atoms with E-state index in [0.29, 0.717) is 11.3 Å². The van der Waals surface area contributed by atoms with Crippen LogP contribution in [0.15, 0.2) is 85.7 Å². The van der Waals surface area contributed by atoms with Crippen molar-refractivity contribution in [3.8, 4) is 11.3 Å². The molecule has 2 nitrogen and oxygen atoms in total. The minimum absolute atomic E-state index is 0.280. The van der Waals surface area contributed by atoms with Crippen molar-refractivity contribution in [2.24, 2.45) is 0 Å². The predicted molar refractivity (Wildman–Crippen MR) is 110 cm³/mol. The SMILES string of the molecule is C=C/C(=C\C(=C/C)c1ccnc(-c2ccccc2F)c1)c1ccc(C)nc1. The second kappa shape index (κ2) is 8.37. The molecular weight excluding hydrogens is 335 g/mol. The highest BCUT2D eigenvalue weighted by Gasteiger charge is 2.08. The average Bonchev–Trinajstić information content (AvgIpc) is 2.70. The molecule has 134 valence electrons. The number of aromatic nitrogens is 2. The maximum absolute atomic E-state index is 14.1. The third kappa shape index (κ3) is 4.26. The van der Waals surface area contributed by atoms with Gasteiger partial charge in [-0.3, -0.25) is 9.97 Å². The molecule has 0 saturated carbocycles. The number of rotatable bonds is 5. The number of halogens is 1. The van der Waals surface area contributed by atoms with E-state index < -0.39 is 0 Å². The lowest BCUT2D eigenvalue weighted by Crippen LogP contribution is -1.91. The average molecular weight is 356 g/mol. The zero-order chi connectivity index (χ0) is 19.2. The molecule has 0 aliphatic carbocycles. The molecule has 3 rings (SSSR count). The van der Waals surface area contributed by atoms with E-state index in [-0.39, 0.29) is 5.82 Å². The van der Waals surface area contributed by atoms with Gasteiger partial charge in [0.2, 0.25) is 0 Å². The number of nitrogens with zero attached hydrogens (tertiary/aromatic N) is 2. The van der Waals surface area contributed by atoms with Crippen LogP contribution in [-0.2, 0) is 0 Å². The Kier molecular flexibility index (Phi) is 5.72. The fraction of sp³-hybridized carbons (Fsp3) is 0.0833. The van der Waals surface area contributed by atoms with Crippen LogP contribution in [0, 0.1) is 12.7 Å². The Hall–Kier alpha value is -3.33. The smallest absolute Gasteiger partial charge is 0.132 e. The normalized spacial score (nSPS) is 12.1. The van der Waals surface area contributed by atoms with Crippen molar-refractivity contribution in [1.29, 1.82) is 0 Å². The summed E-state index contributed by atoms with van der Waals surface area (Å²) in [6, 6.07) is 14.5. The molecule has 0 atom stereocenters. The van der Waals surface area contributed by atoms with Gasteiger partial charge in [-0.25, -0.2) is 4.39 Å². The van der Waals surface area contributed by atoms with Crippen molar-refractivity contribution >= 4 is 11.1 Å². The van der Waals surface area contributed by atoms with Gasteiger partial charge in [0, 0.05) is 29.2 Å². The van der Waals surface area contributed by atoms with Gasteiger partial charge in [-0.15, -0.1) is 0 Å². The number of allylic oxidation sites excluding steroid dienone is 5. The van der Waals surface area contributed by atoms with Crippen LogP contribution in [0.4, 0.5) is 4.39 Å². The van der Waals surface area contributed by atoms with E-state index in [1.165, 1.54) is 6.07 Å². The van der Waals surface area contributed by atoms with E-state index in [1.807, 2.05) is 62.5 Å². The maximum atomic E-state index is 14.1. The van der Waals surface area contributed by atoms with Crippen molar-refractivity contribution in [3.63, 3.8) is 0 Å². The summed E-state index contributed by atoms with van der Waals surface area (Å²) >= 11 is 0. The monoisotopic (exact) mass is 356 g/mol. The first-order chi connectivity index (χ1) is 13.1. The molecule has 1 aromatic carbocycles. The highest BCUT2D eigenvalue weighted by Crippen LogP contribution is 2.27. The fourth-order valence-corrected chi connectivity index (χ4v) is 2.83. The zero-order valence-electron chi connectivity index (χ0n) is 15.5. The molecular formula is C24H21FN2. The zero-order valence-corrected chi connectivity index (χ0v) is 15.5. The standard InChI is InChI=1S/C24H21FN2/c1-4-18(14-19(5-2)21-11-10-17(3)27-16-21)20-12-13-26-24(15-20)22-8-6-7-9-23(22)25/h4-16H,2H2,1,3H3/b18-4+,19-14+. The first-order valence-electron chi connectivity index (χ1n) is 8.77. The van der Waals surface area contributed by atoms with Crippen molar-refractivity contribution in [3.05, 3.63) is 108 Å². The lowest BCUT2D eigenvalue weighted by atomic mass is 9.98. The molecule has 0 fully saturated rings. The van der Waals surface area contributed by atoms with E-state index in [4.69, 9.17) is 0 Å². The van der Waals surface area contributed by atoms with Crippen LogP contribution in [0.25, 0.3) is 22.4 Å². The minimum atomic E-state index is -0.280. The van der Waals surface area contributed by atoms with Gasteiger partial charge < -0.3 is 0 Å². The molecule has 0 aliphatic heterocycles. The maximum Gasteiger partial charge on any atom is 0.132 e. The molecule has 3 aromatic rings. The summed E-state index contributed by atoms with van der Waals surface area (Å²) in [5.74, 6) is -0.280. The third-order valence-electron chi connectivity index (χ3n) is 4.33. The highest BCUT2D eigenvalue weighted by atomic mass is 19.1. The number of benzene rings is 1. The Morgan fingerprint density at radius 1 is 1.00 bits per heavy atom. The summed E-state index contributed by atoms with van der Waals surface area (Å²) in [6.07, 6.45) is 9.43. The Morgan fingerprint density at radius 3 is 2.48 bits per heavy atom. The highest BCUT2D eigenvalue weighted by molar-refractivity contribution is 5.87. The van der Waals surface area contributed by atoms with Gasteiger partial charge in [0.15, 0.2) is 0 Å². The summed E-state index contributed by atoms with van der Waals surface area (Å²) in [6.45, 7) is 7.87. The van der Waals surface area contributed by atoms with Gasteiger partial charge >= 0.3 is 0 Å². The molecule has 0 amide bonds. The van der Waals surface area contributed by atoms with Crippen LogP contribution in [0.2, 0.25) is 0 Å². The van der Waals surface area contributed by atoms with Crippen LogP contribution in [-0.4, -0.2) is 9.97 Å². The number of pyridine rings is 2. The molecule has 2 aromatic heterocycles. The first-order valence-corrected chi connectivity index (χ1v) is 8.77. The summed E-state index contributed by atoms with van der Waals surface area (Å²) in [5, 5.41) is 0. The predicted octanol–water partition coefficient (Wildman–Crippen LogP) is 6.26. The van der Waals surface area contributed by atoms with Crippen molar-refractivity contribution < 1.29 is 4.39 Å². The van der Waals surface area contributed by atoms with Crippen LogP contribution >= 0.6 is 0 Å². The quantitative estimate of drug-likeness (QED) is 0.504. The molecule has 3 heteroatoms. The number of hydrogen-bond donors (Lipinski definition) is 0. The lowest BCUT2D eigenvalue weighted by Gasteiger charge is -2.09. The largest absolute Gasteiger partial charge is 0.261 e. The van der Waals surface area contributed by atoms with E-state index in [1.54, 1.807) is 18.3 Å². The van der Waals surface area contributed by atoms with Gasteiger partial charge in [-0.2, -0.15) is 0 Å². The molecule has 0 saturated heterocycles. The number of aryl methyl sites for hydroxylation is 1. The molecule has 0 N–H and O–H groups in total. The molecule has 0 bridgehead atoms. The molecule has 27 heavy (non-hydrogen) atoms. The van der Waals surface area contributed by atoms with Crippen LogP contribution < -0.4 is 0 Å². The Balaban J connectivity index is 2.01. The summed E-state index contributed by atoms with van der Waals surface area (Å²) in [4.78, 5) is 8.69. The van der Waals surface area contributed by atoms with Gasteiger partial charge in [0.05, 0.1) is 5.69 Å². The van der Waals surface area contributed by atoms with Crippen LogP contribution in [0.3, 0.4) is 0 Å². The third-order valence-corrected chi connectivity index (χ3v) is 4.33. The molecule has 0 unspecified atom stereocenters. The van der Waals surface area contributed by atoms with E-state index >= 15 is 0 Å². The van der Waals surface area contributed by atoms with Gasteiger partial charge in [0.25, 0.3) is 0 Å². The summed E-state index contributed by atoms with van der Waals surface area (Å²) in [5.41, 5.74) is 6.01. The summed E-state index contributed by atoms with van der Waals surface area (Å²) < 4.78 is 14.1. The summed E-state index contributed by atoms with van der Waals surface area (Å²) in [7, 11) is 0.